The Morgan fingerprint density at radius 1 is 1.00 bits per heavy atom. The quantitative estimate of drug-likeness (QED) is 0.713. The van der Waals surface area contributed by atoms with Crippen LogP contribution in [0.1, 0.15) is 51.2 Å². The van der Waals surface area contributed by atoms with Gasteiger partial charge in [-0.3, -0.25) is 0 Å². The maximum Gasteiger partial charge on any atom is 0.416 e. The molecule has 0 saturated carbocycles. The van der Waals surface area contributed by atoms with Crippen molar-refractivity contribution in [1.82, 2.24) is 5.32 Å². The zero-order valence-corrected chi connectivity index (χ0v) is 12.5. The second-order valence-electron chi connectivity index (χ2n) is 5.24. The van der Waals surface area contributed by atoms with Crippen LogP contribution in [-0.2, 0) is 11.6 Å². The van der Waals surface area contributed by atoms with Crippen molar-refractivity contribution in [3.63, 3.8) is 0 Å². The average molecular weight is 287 g/mol. The number of benzene rings is 1. The van der Waals surface area contributed by atoms with E-state index in [1.54, 1.807) is 0 Å². The third-order valence-electron chi connectivity index (χ3n) is 4.05. The molecular weight excluding hydrogens is 263 g/mol. The normalized spacial score (nSPS) is 12.7. The predicted octanol–water partition coefficient (Wildman–Crippen LogP) is 4.76. The van der Waals surface area contributed by atoms with E-state index in [1.807, 2.05) is 19.9 Å². The summed E-state index contributed by atoms with van der Waals surface area (Å²) >= 11 is 0. The molecule has 114 valence electrons. The smallest absolute Gasteiger partial charge is 0.316 e. The van der Waals surface area contributed by atoms with E-state index in [2.05, 4.69) is 12.2 Å². The maximum atomic E-state index is 12.9. The van der Waals surface area contributed by atoms with Crippen LogP contribution in [0.5, 0.6) is 0 Å². The van der Waals surface area contributed by atoms with Crippen LogP contribution in [0.2, 0.25) is 0 Å². The Kier molecular flexibility index (Phi) is 6.06. The molecule has 0 saturated heterocycles. The summed E-state index contributed by atoms with van der Waals surface area (Å²) in [5.41, 5.74) is -0.00568. The number of alkyl halides is 3. The van der Waals surface area contributed by atoms with Crippen LogP contribution in [-0.4, -0.2) is 13.1 Å². The maximum absolute atomic E-state index is 12.9. The van der Waals surface area contributed by atoms with E-state index in [9.17, 15) is 13.2 Å². The lowest BCUT2D eigenvalue weighted by molar-refractivity contribution is -0.137. The molecule has 0 unspecified atom stereocenters. The predicted molar refractivity (Wildman–Crippen MR) is 76.9 cm³/mol. The van der Waals surface area contributed by atoms with Gasteiger partial charge in [0.1, 0.15) is 0 Å². The van der Waals surface area contributed by atoms with Gasteiger partial charge in [-0.15, -0.1) is 0 Å². The van der Waals surface area contributed by atoms with Crippen LogP contribution in [0.3, 0.4) is 0 Å². The summed E-state index contributed by atoms with van der Waals surface area (Å²) in [6, 6.07) is 5.77. The highest BCUT2D eigenvalue weighted by Crippen LogP contribution is 2.35. The fourth-order valence-electron chi connectivity index (χ4n) is 2.54. The second kappa shape index (κ2) is 7.11. The molecule has 0 heterocycles. The summed E-state index contributed by atoms with van der Waals surface area (Å²) in [6.07, 6.45) is -1.62. The summed E-state index contributed by atoms with van der Waals surface area (Å²) in [6.45, 7) is 7.77. The van der Waals surface area contributed by atoms with E-state index in [0.29, 0.717) is 0 Å². The van der Waals surface area contributed by atoms with E-state index in [1.165, 1.54) is 12.1 Å². The number of hydrogen-bond acceptors (Lipinski definition) is 1. The van der Waals surface area contributed by atoms with E-state index < -0.39 is 11.7 Å². The zero-order valence-electron chi connectivity index (χ0n) is 12.5. The van der Waals surface area contributed by atoms with Crippen molar-refractivity contribution in [2.75, 3.05) is 13.1 Å². The number of halogens is 3. The molecule has 0 aliphatic carbocycles. The van der Waals surface area contributed by atoms with E-state index in [0.717, 1.165) is 44.0 Å². The van der Waals surface area contributed by atoms with Gasteiger partial charge >= 0.3 is 6.18 Å². The highest BCUT2D eigenvalue weighted by molar-refractivity contribution is 5.32. The summed E-state index contributed by atoms with van der Waals surface area (Å²) in [5.74, 6) is 0. The Hall–Kier alpha value is -1.03. The first-order valence-electron chi connectivity index (χ1n) is 7.28. The van der Waals surface area contributed by atoms with Gasteiger partial charge in [0.05, 0.1) is 5.56 Å². The van der Waals surface area contributed by atoms with Gasteiger partial charge < -0.3 is 5.32 Å². The van der Waals surface area contributed by atoms with Crippen molar-refractivity contribution >= 4 is 0 Å². The molecule has 0 aliphatic heterocycles. The Bertz CT molecular complexity index is 408. The van der Waals surface area contributed by atoms with Gasteiger partial charge in [-0.1, -0.05) is 39.0 Å². The van der Waals surface area contributed by atoms with E-state index >= 15 is 0 Å². The standard InChI is InChI=1S/C16H24F3N/c1-4-10-20-12-15(5-2,6-3)13-8-7-9-14(11-13)16(17,18)19/h7-9,11,20H,4-6,10,12H2,1-3H3. The van der Waals surface area contributed by atoms with E-state index in [4.69, 9.17) is 0 Å². The van der Waals surface area contributed by atoms with E-state index in [-0.39, 0.29) is 5.41 Å². The molecule has 1 aromatic carbocycles. The average Bonchev–Trinajstić information content (AvgIpc) is 2.43. The third kappa shape index (κ3) is 3.98. The fraction of sp³-hybridized carbons (Fsp3) is 0.625. The number of nitrogens with one attached hydrogen (secondary N) is 1. The largest absolute Gasteiger partial charge is 0.416 e. The monoisotopic (exact) mass is 287 g/mol. The molecule has 1 N–H and O–H groups in total. The fourth-order valence-corrected chi connectivity index (χ4v) is 2.54. The van der Waals surface area contributed by atoms with Crippen LogP contribution in [0.4, 0.5) is 13.2 Å². The molecule has 1 nitrogen and oxygen atoms in total. The molecular formula is C16H24F3N. The Balaban J connectivity index is 3.08. The van der Waals surface area contributed by atoms with Gasteiger partial charge in [-0.05, 0) is 37.4 Å². The molecule has 0 amide bonds. The topological polar surface area (TPSA) is 12.0 Å². The molecule has 0 aromatic heterocycles. The van der Waals surface area contributed by atoms with Crippen LogP contribution >= 0.6 is 0 Å². The first-order valence-corrected chi connectivity index (χ1v) is 7.28. The second-order valence-corrected chi connectivity index (χ2v) is 5.24. The lowest BCUT2D eigenvalue weighted by atomic mass is 9.75. The van der Waals surface area contributed by atoms with Gasteiger partial charge in [0.2, 0.25) is 0 Å². The highest BCUT2D eigenvalue weighted by atomic mass is 19.4. The molecule has 0 atom stereocenters. The molecule has 0 bridgehead atoms. The minimum absolute atomic E-state index is 0.226. The van der Waals surface area contributed by atoms with Crippen LogP contribution < -0.4 is 5.32 Å². The lowest BCUT2D eigenvalue weighted by Crippen LogP contribution is -2.37. The van der Waals surface area contributed by atoms with Gasteiger partial charge in [0, 0.05) is 12.0 Å². The summed E-state index contributed by atoms with van der Waals surface area (Å²) in [7, 11) is 0. The van der Waals surface area contributed by atoms with Crippen molar-refractivity contribution < 1.29 is 13.2 Å². The summed E-state index contributed by atoms with van der Waals surface area (Å²) in [4.78, 5) is 0. The number of rotatable bonds is 7. The molecule has 4 heteroatoms. The van der Waals surface area contributed by atoms with Crippen molar-refractivity contribution in [2.24, 2.45) is 0 Å². The third-order valence-corrected chi connectivity index (χ3v) is 4.05. The van der Waals surface area contributed by atoms with Gasteiger partial charge in [0.15, 0.2) is 0 Å². The van der Waals surface area contributed by atoms with Crippen LogP contribution in [0.25, 0.3) is 0 Å². The van der Waals surface area contributed by atoms with Crippen molar-refractivity contribution in [3.05, 3.63) is 35.4 Å². The first-order chi connectivity index (χ1) is 9.39. The Morgan fingerprint density at radius 2 is 1.60 bits per heavy atom. The SMILES string of the molecule is CCCNCC(CC)(CC)c1cccc(C(F)(F)F)c1. The van der Waals surface area contributed by atoms with Crippen molar-refractivity contribution in [2.45, 2.75) is 51.6 Å². The van der Waals surface area contributed by atoms with Crippen LogP contribution in [0.15, 0.2) is 24.3 Å². The zero-order chi connectivity index (χ0) is 15.2. The summed E-state index contributed by atoms with van der Waals surface area (Å²) < 4.78 is 38.6. The van der Waals surface area contributed by atoms with Gasteiger partial charge in [0.25, 0.3) is 0 Å². The minimum Gasteiger partial charge on any atom is -0.316 e. The first kappa shape index (κ1) is 17.0. The van der Waals surface area contributed by atoms with Crippen molar-refractivity contribution in [1.29, 1.82) is 0 Å². The molecule has 0 aliphatic rings. The summed E-state index contributed by atoms with van der Waals surface area (Å²) in [5, 5.41) is 3.35. The Labute approximate surface area is 119 Å². The number of hydrogen-bond donors (Lipinski definition) is 1. The Morgan fingerprint density at radius 3 is 2.10 bits per heavy atom. The van der Waals surface area contributed by atoms with Gasteiger partial charge in [-0.25, -0.2) is 0 Å². The van der Waals surface area contributed by atoms with Crippen LogP contribution in [0, 0.1) is 0 Å². The minimum atomic E-state index is -4.28. The van der Waals surface area contributed by atoms with Crippen molar-refractivity contribution in [3.8, 4) is 0 Å². The molecule has 20 heavy (non-hydrogen) atoms. The molecule has 0 fully saturated rings. The van der Waals surface area contributed by atoms with Gasteiger partial charge in [-0.2, -0.15) is 13.2 Å². The lowest BCUT2D eigenvalue weighted by Gasteiger charge is -2.33. The molecule has 1 aromatic rings. The molecule has 1 rings (SSSR count). The highest BCUT2D eigenvalue weighted by Gasteiger charge is 2.34. The molecule has 0 radical (unpaired) electrons. The molecule has 0 spiro atoms.